The summed E-state index contributed by atoms with van der Waals surface area (Å²) in [6.45, 7) is 6.86. The summed E-state index contributed by atoms with van der Waals surface area (Å²) >= 11 is 0. The van der Waals surface area contributed by atoms with Gasteiger partial charge in [0.05, 0.1) is 5.69 Å². The van der Waals surface area contributed by atoms with Crippen molar-refractivity contribution in [2.45, 2.75) is 32.7 Å². The van der Waals surface area contributed by atoms with Crippen molar-refractivity contribution in [2.24, 2.45) is 0 Å². The molecule has 1 saturated heterocycles. The van der Waals surface area contributed by atoms with E-state index in [9.17, 15) is 4.79 Å². The molecule has 5 heteroatoms. The minimum Gasteiger partial charge on any atom is -0.351 e. The standard InChI is InChI=1S/C12H19N3O2/c1-9-7-11(17-14-9)12(16)13-8-10(2)15-5-3-4-6-15/h7,10H,3-6,8H2,1-2H3,(H,13,16)/t10-/m1/s1. The maximum atomic E-state index is 11.7. The molecule has 1 aromatic heterocycles. The van der Waals surface area contributed by atoms with Gasteiger partial charge in [-0.2, -0.15) is 0 Å². The number of likely N-dealkylation sites (tertiary alicyclic amines) is 1. The average Bonchev–Trinajstić information content (AvgIpc) is 2.95. The van der Waals surface area contributed by atoms with E-state index in [1.165, 1.54) is 12.8 Å². The lowest BCUT2D eigenvalue weighted by molar-refractivity contribution is 0.0903. The van der Waals surface area contributed by atoms with Crippen LogP contribution in [-0.2, 0) is 0 Å². The summed E-state index contributed by atoms with van der Waals surface area (Å²) in [6, 6.07) is 2.03. The van der Waals surface area contributed by atoms with E-state index in [1.807, 2.05) is 0 Å². The highest BCUT2D eigenvalue weighted by molar-refractivity contribution is 5.91. The van der Waals surface area contributed by atoms with E-state index in [0.717, 1.165) is 18.8 Å². The molecule has 0 bridgehead atoms. The Morgan fingerprint density at radius 3 is 2.88 bits per heavy atom. The lowest BCUT2D eigenvalue weighted by Gasteiger charge is -2.23. The second kappa shape index (κ2) is 5.31. The fourth-order valence-electron chi connectivity index (χ4n) is 2.11. The summed E-state index contributed by atoms with van der Waals surface area (Å²) in [4.78, 5) is 14.1. The highest BCUT2D eigenvalue weighted by Gasteiger charge is 2.19. The second-order valence-corrected chi connectivity index (χ2v) is 4.63. The number of hydrogen-bond donors (Lipinski definition) is 1. The molecular weight excluding hydrogens is 218 g/mol. The van der Waals surface area contributed by atoms with Gasteiger partial charge in [-0.05, 0) is 39.8 Å². The average molecular weight is 237 g/mol. The normalized spacial score (nSPS) is 18.2. The van der Waals surface area contributed by atoms with Crippen LogP contribution in [0.25, 0.3) is 0 Å². The Bertz CT molecular complexity index is 383. The largest absolute Gasteiger partial charge is 0.351 e. The molecule has 0 aliphatic carbocycles. The topological polar surface area (TPSA) is 58.4 Å². The zero-order valence-corrected chi connectivity index (χ0v) is 10.4. The van der Waals surface area contributed by atoms with Gasteiger partial charge in [0.15, 0.2) is 0 Å². The van der Waals surface area contributed by atoms with Crippen molar-refractivity contribution in [3.63, 3.8) is 0 Å². The first-order valence-electron chi connectivity index (χ1n) is 6.12. The van der Waals surface area contributed by atoms with Crippen LogP contribution in [0.3, 0.4) is 0 Å². The zero-order chi connectivity index (χ0) is 12.3. The third-order valence-corrected chi connectivity index (χ3v) is 3.17. The number of hydrogen-bond acceptors (Lipinski definition) is 4. The Labute approximate surface area is 101 Å². The molecule has 0 radical (unpaired) electrons. The van der Waals surface area contributed by atoms with Gasteiger partial charge in [-0.3, -0.25) is 9.69 Å². The summed E-state index contributed by atoms with van der Waals surface area (Å²) in [5.41, 5.74) is 0.725. The Balaban J connectivity index is 1.79. The van der Waals surface area contributed by atoms with Crippen molar-refractivity contribution in [3.05, 3.63) is 17.5 Å². The maximum absolute atomic E-state index is 11.7. The molecule has 1 aliphatic rings. The smallest absolute Gasteiger partial charge is 0.289 e. The summed E-state index contributed by atoms with van der Waals surface area (Å²) in [7, 11) is 0. The van der Waals surface area contributed by atoms with Crippen molar-refractivity contribution in [1.29, 1.82) is 0 Å². The fourth-order valence-corrected chi connectivity index (χ4v) is 2.11. The van der Waals surface area contributed by atoms with Gasteiger partial charge in [0.25, 0.3) is 5.91 Å². The highest BCUT2D eigenvalue weighted by Crippen LogP contribution is 2.11. The van der Waals surface area contributed by atoms with Gasteiger partial charge in [0.1, 0.15) is 0 Å². The Morgan fingerprint density at radius 2 is 2.29 bits per heavy atom. The van der Waals surface area contributed by atoms with Crippen LogP contribution in [0.1, 0.15) is 36.0 Å². The number of nitrogens with one attached hydrogen (secondary N) is 1. The molecule has 0 spiro atoms. The van der Waals surface area contributed by atoms with Crippen LogP contribution >= 0.6 is 0 Å². The molecule has 17 heavy (non-hydrogen) atoms. The van der Waals surface area contributed by atoms with E-state index in [2.05, 4.69) is 22.3 Å². The molecule has 94 valence electrons. The molecule has 0 aromatic carbocycles. The van der Waals surface area contributed by atoms with E-state index in [1.54, 1.807) is 13.0 Å². The number of rotatable bonds is 4. The minimum absolute atomic E-state index is 0.184. The fraction of sp³-hybridized carbons (Fsp3) is 0.667. The van der Waals surface area contributed by atoms with Crippen LogP contribution < -0.4 is 5.32 Å². The predicted molar refractivity (Wildman–Crippen MR) is 63.8 cm³/mol. The summed E-state index contributed by atoms with van der Waals surface area (Å²) < 4.78 is 4.91. The van der Waals surface area contributed by atoms with Gasteiger partial charge >= 0.3 is 0 Å². The molecule has 2 rings (SSSR count). The quantitative estimate of drug-likeness (QED) is 0.854. The lowest BCUT2D eigenvalue weighted by atomic mass is 10.3. The molecule has 1 fully saturated rings. The number of carbonyl (C=O) groups excluding carboxylic acids is 1. The number of nitrogens with zero attached hydrogens (tertiary/aromatic N) is 2. The first kappa shape index (κ1) is 12.1. The predicted octanol–water partition coefficient (Wildman–Crippen LogP) is 1.20. The molecule has 0 saturated carbocycles. The van der Waals surface area contributed by atoms with Crippen molar-refractivity contribution >= 4 is 5.91 Å². The van der Waals surface area contributed by atoms with Gasteiger partial charge < -0.3 is 9.84 Å². The van der Waals surface area contributed by atoms with Gasteiger partial charge in [-0.1, -0.05) is 5.16 Å². The first-order chi connectivity index (χ1) is 8.16. The van der Waals surface area contributed by atoms with Crippen LogP contribution in [0.4, 0.5) is 0 Å². The van der Waals surface area contributed by atoms with Crippen LogP contribution in [0.5, 0.6) is 0 Å². The Hall–Kier alpha value is -1.36. The van der Waals surface area contributed by atoms with E-state index in [4.69, 9.17) is 4.52 Å². The number of aryl methyl sites for hydroxylation is 1. The maximum Gasteiger partial charge on any atom is 0.289 e. The summed E-state index contributed by atoms with van der Waals surface area (Å²) in [6.07, 6.45) is 2.53. The Morgan fingerprint density at radius 1 is 1.59 bits per heavy atom. The third kappa shape index (κ3) is 3.06. The molecule has 1 amide bonds. The highest BCUT2D eigenvalue weighted by atomic mass is 16.5. The van der Waals surface area contributed by atoms with Crippen molar-refractivity contribution in [3.8, 4) is 0 Å². The molecule has 1 aliphatic heterocycles. The van der Waals surface area contributed by atoms with Gasteiger partial charge in [0.2, 0.25) is 5.76 Å². The molecular formula is C12H19N3O2. The Kier molecular flexibility index (Phi) is 3.78. The molecule has 5 nitrogen and oxygen atoms in total. The molecule has 2 heterocycles. The van der Waals surface area contributed by atoms with Crippen molar-refractivity contribution < 1.29 is 9.32 Å². The monoisotopic (exact) mass is 237 g/mol. The molecule has 1 N–H and O–H groups in total. The van der Waals surface area contributed by atoms with Gasteiger partial charge in [0, 0.05) is 18.7 Å². The molecule has 1 aromatic rings. The SMILES string of the molecule is Cc1cc(C(=O)NC[C@@H](C)N2CCCC2)on1. The van der Waals surface area contributed by atoms with E-state index in [-0.39, 0.29) is 11.7 Å². The van der Waals surface area contributed by atoms with E-state index < -0.39 is 0 Å². The van der Waals surface area contributed by atoms with E-state index >= 15 is 0 Å². The van der Waals surface area contributed by atoms with Crippen molar-refractivity contribution in [2.75, 3.05) is 19.6 Å². The third-order valence-electron chi connectivity index (χ3n) is 3.17. The zero-order valence-electron chi connectivity index (χ0n) is 10.4. The number of aromatic nitrogens is 1. The summed E-state index contributed by atoms with van der Waals surface area (Å²) in [5, 5.41) is 6.57. The molecule has 1 atom stereocenters. The van der Waals surface area contributed by atoms with Crippen LogP contribution in [0, 0.1) is 6.92 Å². The second-order valence-electron chi connectivity index (χ2n) is 4.63. The number of carbonyl (C=O) groups is 1. The van der Waals surface area contributed by atoms with Crippen molar-refractivity contribution in [1.82, 2.24) is 15.4 Å². The lowest BCUT2D eigenvalue weighted by Crippen LogP contribution is -2.40. The van der Waals surface area contributed by atoms with Crippen LogP contribution in [-0.4, -0.2) is 41.6 Å². The van der Waals surface area contributed by atoms with E-state index in [0.29, 0.717) is 12.6 Å². The van der Waals surface area contributed by atoms with Crippen LogP contribution in [0.2, 0.25) is 0 Å². The number of amides is 1. The van der Waals surface area contributed by atoms with Crippen LogP contribution in [0.15, 0.2) is 10.6 Å². The van der Waals surface area contributed by atoms with Gasteiger partial charge in [-0.15, -0.1) is 0 Å². The first-order valence-corrected chi connectivity index (χ1v) is 6.12. The summed E-state index contributed by atoms with van der Waals surface area (Å²) in [5.74, 6) is 0.104. The minimum atomic E-state index is -0.184. The molecule has 0 unspecified atom stereocenters. The van der Waals surface area contributed by atoms with Gasteiger partial charge in [-0.25, -0.2) is 0 Å².